The summed E-state index contributed by atoms with van der Waals surface area (Å²) >= 11 is 6.00. The predicted octanol–water partition coefficient (Wildman–Crippen LogP) is 2.50. The molecule has 5 nitrogen and oxygen atoms in total. The lowest BCUT2D eigenvalue weighted by Crippen LogP contribution is -2.51. The van der Waals surface area contributed by atoms with E-state index in [0.29, 0.717) is 50.7 Å². The lowest BCUT2D eigenvalue weighted by molar-refractivity contribution is -0.150. The molecule has 6 heteroatoms. The Kier molecular flexibility index (Phi) is 5.41. The van der Waals surface area contributed by atoms with Crippen LogP contribution in [-0.4, -0.2) is 54.5 Å². The summed E-state index contributed by atoms with van der Waals surface area (Å²) in [6.45, 7) is 4.98. The molecule has 0 spiro atoms. The van der Waals surface area contributed by atoms with Crippen molar-refractivity contribution in [3.63, 3.8) is 0 Å². The number of piperidine rings is 1. The molecule has 2 heterocycles. The topological polar surface area (TPSA) is 49.9 Å². The van der Waals surface area contributed by atoms with Crippen molar-refractivity contribution in [1.82, 2.24) is 9.80 Å². The summed E-state index contributed by atoms with van der Waals surface area (Å²) in [7, 11) is 0. The van der Waals surface area contributed by atoms with Gasteiger partial charge in [-0.1, -0.05) is 23.7 Å². The molecule has 130 valence electrons. The van der Waals surface area contributed by atoms with Crippen molar-refractivity contribution in [1.29, 1.82) is 0 Å². The van der Waals surface area contributed by atoms with E-state index in [1.807, 2.05) is 41.0 Å². The lowest BCUT2D eigenvalue weighted by Gasteiger charge is -2.42. The summed E-state index contributed by atoms with van der Waals surface area (Å²) in [5, 5.41) is 0.653. The Hall–Kier alpha value is -1.59. The monoisotopic (exact) mass is 350 g/mol. The van der Waals surface area contributed by atoms with Crippen LogP contribution >= 0.6 is 11.6 Å². The minimum Gasteiger partial charge on any atom is -0.378 e. The summed E-state index contributed by atoms with van der Waals surface area (Å²) < 4.78 is 5.35. The van der Waals surface area contributed by atoms with Gasteiger partial charge in [-0.15, -0.1) is 0 Å². The predicted molar refractivity (Wildman–Crippen MR) is 91.7 cm³/mol. The number of amides is 2. The molecule has 24 heavy (non-hydrogen) atoms. The van der Waals surface area contributed by atoms with Crippen LogP contribution in [0.3, 0.4) is 0 Å². The summed E-state index contributed by atoms with van der Waals surface area (Å²) in [4.78, 5) is 29.2. The minimum atomic E-state index is -0.219. The van der Waals surface area contributed by atoms with Gasteiger partial charge in [0, 0.05) is 31.1 Å². The fourth-order valence-corrected chi connectivity index (χ4v) is 3.80. The van der Waals surface area contributed by atoms with Gasteiger partial charge in [-0.3, -0.25) is 9.59 Å². The van der Waals surface area contributed by atoms with Gasteiger partial charge in [-0.25, -0.2) is 0 Å². The molecule has 0 bridgehead atoms. The number of hydrogen-bond donors (Lipinski definition) is 0. The van der Waals surface area contributed by atoms with E-state index in [9.17, 15) is 9.59 Å². The van der Waals surface area contributed by atoms with E-state index in [0.717, 1.165) is 5.56 Å². The molecular formula is C18H23ClN2O3. The zero-order valence-electron chi connectivity index (χ0n) is 13.9. The van der Waals surface area contributed by atoms with Crippen LogP contribution in [0.1, 0.15) is 31.4 Å². The summed E-state index contributed by atoms with van der Waals surface area (Å²) in [5.74, 6) is 0.0367. The molecule has 0 radical (unpaired) electrons. The van der Waals surface area contributed by atoms with Gasteiger partial charge in [-0.05, 0) is 31.0 Å². The third-order valence-corrected chi connectivity index (χ3v) is 5.15. The molecule has 0 unspecified atom stereocenters. The molecule has 2 amide bonds. The summed E-state index contributed by atoms with van der Waals surface area (Å²) in [6, 6.07) is 7.27. The normalized spacial score (nSPS) is 25.0. The van der Waals surface area contributed by atoms with Crippen LogP contribution in [0, 0.1) is 5.92 Å². The van der Waals surface area contributed by atoms with Crippen molar-refractivity contribution in [3.8, 4) is 0 Å². The number of morpholine rings is 1. The average Bonchev–Trinajstić information content (AvgIpc) is 2.62. The number of halogens is 1. The Morgan fingerprint density at radius 2 is 1.92 bits per heavy atom. The number of ether oxygens (including phenoxy) is 1. The van der Waals surface area contributed by atoms with Gasteiger partial charge in [0.05, 0.1) is 25.2 Å². The van der Waals surface area contributed by atoms with Crippen molar-refractivity contribution in [2.24, 2.45) is 5.92 Å². The Bertz CT molecular complexity index is 599. The first kappa shape index (κ1) is 17.2. The van der Waals surface area contributed by atoms with Gasteiger partial charge in [0.25, 0.3) is 0 Å². The molecule has 3 rings (SSSR count). The van der Waals surface area contributed by atoms with Gasteiger partial charge < -0.3 is 14.5 Å². The third kappa shape index (κ3) is 3.42. The molecule has 0 N–H and O–H groups in total. The first-order valence-corrected chi connectivity index (χ1v) is 8.91. The largest absolute Gasteiger partial charge is 0.378 e. The standard InChI is InChI=1S/C18H23ClN2O3/c1-2-21-16(22)8-7-15(18(23)20-9-11-24-12-10-20)17(21)13-3-5-14(19)6-4-13/h3-6,15,17H,2,7-12H2,1H3/t15-,17+/m1/s1. The maximum atomic E-state index is 13.1. The van der Waals surface area contributed by atoms with Crippen molar-refractivity contribution in [2.75, 3.05) is 32.8 Å². The molecule has 0 aromatic heterocycles. The highest BCUT2D eigenvalue weighted by Gasteiger charge is 2.41. The maximum absolute atomic E-state index is 13.1. The number of likely N-dealkylation sites (tertiary alicyclic amines) is 1. The number of rotatable bonds is 3. The average molecular weight is 351 g/mol. The van der Waals surface area contributed by atoms with Crippen molar-refractivity contribution < 1.29 is 14.3 Å². The third-order valence-electron chi connectivity index (χ3n) is 4.90. The Morgan fingerprint density at radius 3 is 2.54 bits per heavy atom. The second-order valence-electron chi connectivity index (χ2n) is 6.26. The van der Waals surface area contributed by atoms with E-state index in [4.69, 9.17) is 16.3 Å². The van der Waals surface area contributed by atoms with Crippen LogP contribution < -0.4 is 0 Å². The maximum Gasteiger partial charge on any atom is 0.228 e. The zero-order chi connectivity index (χ0) is 17.1. The number of benzene rings is 1. The second kappa shape index (κ2) is 7.53. The molecule has 2 fully saturated rings. The summed E-state index contributed by atoms with van der Waals surface area (Å²) in [5.41, 5.74) is 0.973. The van der Waals surface area contributed by atoms with Crippen LogP contribution in [0.4, 0.5) is 0 Å². The Balaban J connectivity index is 1.90. The first-order chi connectivity index (χ1) is 11.6. The highest BCUT2D eigenvalue weighted by Crippen LogP contribution is 2.38. The highest BCUT2D eigenvalue weighted by molar-refractivity contribution is 6.30. The number of carbonyl (C=O) groups is 2. The number of carbonyl (C=O) groups excluding carboxylic acids is 2. The van der Waals surface area contributed by atoms with Crippen molar-refractivity contribution >= 4 is 23.4 Å². The molecule has 2 aliphatic rings. The molecule has 1 aromatic rings. The second-order valence-corrected chi connectivity index (χ2v) is 6.70. The Morgan fingerprint density at radius 1 is 1.25 bits per heavy atom. The van der Waals surface area contributed by atoms with E-state index in [2.05, 4.69) is 0 Å². The van der Waals surface area contributed by atoms with Crippen LogP contribution in [0.5, 0.6) is 0 Å². The van der Waals surface area contributed by atoms with Crippen LogP contribution in [0.15, 0.2) is 24.3 Å². The van der Waals surface area contributed by atoms with Gasteiger partial charge >= 0.3 is 0 Å². The first-order valence-electron chi connectivity index (χ1n) is 8.53. The van der Waals surface area contributed by atoms with E-state index >= 15 is 0 Å². The number of hydrogen-bond acceptors (Lipinski definition) is 3. The van der Waals surface area contributed by atoms with E-state index in [1.165, 1.54) is 0 Å². The van der Waals surface area contributed by atoms with E-state index in [1.54, 1.807) is 0 Å². The molecular weight excluding hydrogens is 328 g/mol. The van der Waals surface area contributed by atoms with E-state index in [-0.39, 0.29) is 23.8 Å². The molecule has 2 aliphatic heterocycles. The van der Waals surface area contributed by atoms with Gasteiger partial charge in [0.1, 0.15) is 0 Å². The molecule has 2 atom stereocenters. The molecule has 0 aliphatic carbocycles. The van der Waals surface area contributed by atoms with E-state index < -0.39 is 0 Å². The SMILES string of the molecule is CCN1C(=O)CC[C@@H](C(=O)N2CCOCC2)[C@@H]1c1ccc(Cl)cc1. The van der Waals surface area contributed by atoms with Gasteiger partial charge in [0.15, 0.2) is 0 Å². The van der Waals surface area contributed by atoms with Gasteiger partial charge in [0.2, 0.25) is 11.8 Å². The van der Waals surface area contributed by atoms with Crippen LogP contribution in [0.2, 0.25) is 5.02 Å². The summed E-state index contributed by atoms with van der Waals surface area (Å²) in [6.07, 6.45) is 1.03. The minimum absolute atomic E-state index is 0.114. The fourth-order valence-electron chi connectivity index (χ4n) is 3.67. The van der Waals surface area contributed by atoms with Crippen LogP contribution in [-0.2, 0) is 14.3 Å². The number of nitrogens with zero attached hydrogens (tertiary/aromatic N) is 2. The molecule has 1 aromatic carbocycles. The lowest BCUT2D eigenvalue weighted by atomic mass is 9.83. The quantitative estimate of drug-likeness (QED) is 0.841. The molecule has 0 saturated carbocycles. The van der Waals surface area contributed by atoms with Crippen molar-refractivity contribution in [2.45, 2.75) is 25.8 Å². The van der Waals surface area contributed by atoms with Gasteiger partial charge in [-0.2, -0.15) is 0 Å². The zero-order valence-corrected chi connectivity index (χ0v) is 14.7. The fraction of sp³-hybridized carbons (Fsp3) is 0.556. The van der Waals surface area contributed by atoms with Crippen molar-refractivity contribution in [3.05, 3.63) is 34.9 Å². The Labute approximate surface area is 147 Å². The highest BCUT2D eigenvalue weighted by atomic mass is 35.5. The smallest absolute Gasteiger partial charge is 0.228 e. The van der Waals surface area contributed by atoms with Crippen LogP contribution in [0.25, 0.3) is 0 Å². The molecule has 2 saturated heterocycles.